The van der Waals surface area contributed by atoms with Crippen LogP contribution >= 0.6 is 23.2 Å². The number of halogens is 2. The van der Waals surface area contributed by atoms with E-state index in [1.54, 1.807) is 48.5 Å². The topological polar surface area (TPSA) is 86.8 Å². The van der Waals surface area contributed by atoms with Crippen LogP contribution in [0.25, 0.3) is 0 Å². The van der Waals surface area contributed by atoms with E-state index in [-0.39, 0.29) is 23.4 Å². The van der Waals surface area contributed by atoms with Crippen molar-refractivity contribution < 1.29 is 18.0 Å². The second kappa shape index (κ2) is 14.7. The SMILES string of the molecule is CCc1ccc(N(CC(=O)N(Cc2ccc(Cl)c(Cl)c2)[C@@H](CC)C(=O)N[C@@H](C)CC)S(=O)(=O)c2ccccc2)cc1. The minimum Gasteiger partial charge on any atom is -0.352 e. The molecule has 0 aliphatic heterocycles. The van der Waals surface area contributed by atoms with Crippen LogP contribution in [0.4, 0.5) is 5.69 Å². The molecule has 0 radical (unpaired) electrons. The fourth-order valence-corrected chi connectivity index (χ4v) is 6.10. The van der Waals surface area contributed by atoms with E-state index in [0.29, 0.717) is 27.7 Å². The third-order valence-electron chi connectivity index (χ3n) is 6.97. The van der Waals surface area contributed by atoms with E-state index in [1.165, 1.54) is 17.0 Å². The first-order valence-electron chi connectivity index (χ1n) is 13.7. The zero-order valence-corrected chi connectivity index (χ0v) is 26.1. The number of hydrogen-bond acceptors (Lipinski definition) is 4. The molecule has 0 saturated carbocycles. The van der Waals surface area contributed by atoms with Gasteiger partial charge >= 0.3 is 0 Å². The number of sulfonamides is 1. The van der Waals surface area contributed by atoms with Gasteiger partial charge in [-0.2, -0.15) is 0 Å². The average molecular weight is 619 g/mol. The van der Waals surface area contributed by atoms with Crippen molar-refractivity contribution >= 4 is 50.7 Å². The number of rotatable bonds is 13. The number of anilines is 1. The van der Waals surface area contributed by atoms with E-state index in [2.05, 4.69) is 5.32 Å². The van der Waals surface area contributed by atoms with Gasteiger partial charge in [0.05, 0.1) is 20.6 Å². The zero-order valence-electron chi connectivity index (χ0n) is 23.8. The summed E-state index contributed by atoms with van der Waals surface area (Å²) < 4.78 is 28.9. The molecule has 41 heavy (non-hydrogen) atoms. The largest absolute Gasteiger partial charge is 0.352 e. The van der Waals surface area contributed by atoms with Crippen LogP contribution in [0.15, 0.2) is 77.7 Å². The lowest BCUT2D eigenvalue weighted by Crippen LogP contribution is -2.53. The Balaban J connectivity index is 2.06. The van der Waals surface area contributed by atoms with Crippen molar-refractivity contribution in [2.45, 2.75) is 70.5 Å². The fourth-order valence-electron chi connectivity index (χ4n) is 4.34. The van der Waals surface area contributed by atoms with Crippen molar-refractivity contribution in [2.24, 2.45) is 0 Å². The molecular formula is C31H37Cl2N3O4S. The summed E-state index contributed by atoms with van der Waals surface area (Å²) in [6.07, 6.45) is 1.83. The normalized spacial score (nSPS) is 12.8. The molecule has 10 heteroatoms. The summed E-state index contributed by atoms with van der Waals surface area (Å²) in [7, 11) is -4.12. The number of nitrogens with zero attached hydrogens (tertiary/aromatic N) is 2. The number of hydrogen-bond donors (Lipinski definition) is 1. The van der Waals surface area contributed by atoms with Crippen molar-refractivity contribution in [3.8, 4) is 0 Å². The van der Waals surface area contributed by atoms with Gasteiger partial charge in [-0.1, -0.05) is 80.4 Å². The molecule has 0 spiro atoms. The van der Waals surface area contributed by atoms with E-state index < -0.39 is 28.5 Å². The summed E-state index contributed by atoms with van der Waals surface area (Å²) in [6, 6.07) is 19.1. The predicted octanol–water partition coefficient (Wildman–Crippen LogP) is 6.47. The lowest BCUT2D eigenvalue weighted by molar-refractivity contribution is -0.140. The number of carbonyl (C=O) groups excluding carboxylic acids is 2. The molecule has 1 N–H and O–H groups in total. The summed E-state index contributed by atoms with van der Waals surface area (Å²) in [6.45, 7) is 7.21. The molecule has 0 unspecified atom stereocenters. The Hall–Kier alpha value is -3.07. The highest BCUT2D eigenvalue weighted by Gasteiger charge is 2.34. The minimum absolute atomic E-state index is 0.0378. The molecule has 3 aromatic carbocycles. The van der Waals surface area contributed by atoms with E-state index in [1.807, 2.05) is 39.8 Å². The lowest BCUT2D eigenvalue weighted by Gasteiger charge is -2.33. The summed E-state index contributed by atoms with van der Waals surface area (Å²) in [4.78, 5) is 29.0. The standard InChI is InChI=1S/C31H37Cl2N3O4S/c1-5-22(4)34-31(38)29(7-3)35(20-24-15-18-27(32)28(33)19-24)30(37)21-36(25-16-13-23(6-2)14-17-25)41(39,40)26-11-9-8-10-12-26/h8-19,22,29H,5-7,20-21H2,1-4H3,(H,34,38)/t22-,29-/m0/s1. The van der Waals surface area contributed by atoms with Crippen LogP contribution < -0.4 is 9.62 Å². The van der Waals surface area contributed by atoms with Crippen molar-refractivity contribution in [2.75, 3.05) is 10.8 Å². The van der Waals surface area contributed by atoms with Gasteiger partial charge in [0.2, 0.25) is 11.8 Å². The predicted molar refractivity (Wildman–Crippen MR) is 166 cm³/mol. The molecule has 0 saturated heterocycles. The molecular weight excluding hydrogens is 581 g/mol. The minimum atomic E-state index is -4.12. The smallest absolute Gasteiger partial charge is 0.264 e. The zero-order chi connectivity index (χ0) is 30.2. The van der Waals surface area contributed by atoms with E-state index in [0.717, 1.165) is 22.7 Å². The van der Waals surface area contributed by atoms with Gasteiger partial charge in [0.25, 0.3) is 10.0 Å². The summed E-state index contributed by atoms with van der Waals surface area (Å²) in [5, 5.41) is 3.65. The molecule has 0 aliphatic rings. The third kappa shape index (κ3) is 8.24. The van der Waals surface area contributed by atoms with Crippen LogP contribution in [-0.4, -0.2) is 43.8 Å². The Morgan fingerprint density at radius 1 is 0.854 bits per heavy atom. The molecule has 0 bridgehead atoms. The van der Waals surface area contributed by atoms with Gasteiger partial charge < -0.3 is 10.2 Å². The molecule has 0 aromatic heterocycles. The Morgan fingerprint density at radius 2 is 1.49 bits per heavy atom. The molecule has 3 rings (SSSR count). The Morgan fingerprint density at radius 3 is 2.05 bits per heavy atom. The lowest BCUT2D eigenvalue weighted by atomic mass is 10.1. The summed E-state index contributed by atoms with van der Waals surface area (Å²) in [5.41, 5.74) is 2.05. The Labute approximate surface area is 253 Å². The number of benzene rings is 3. The van der Waals surface area contributed by atoms with Gasteiger partial charge in [-0.3, -0.25) is 13.9 Å². The number of amides is 2. The first-order valence-corrected chi connectivity index (χ1v) is 15.9. The van der Waals surface area contributed by atoms with Crippen LogP contribution in [-0.2, 0) is 32.6 Å². The van der Waals surface area contributed by atoms with Gasteiger partial charge in [-0.25, -0.2) is 8.42 Å². The third-order valence-corrected chi connectivity index (χ3v) is 9.49. The summed E-state index contributed by atoms with van der Waals surface area (Å²) in [5.74, 6) is -0.832. The molecule has 3 aromatic rings. The van der Waals surface area contributed by atoms with E-state index in [4.69, 9.17) is 23.2 Å². The highest BCUT2D eigenvalue weighted by atomic mass is 35.5. The van der Waals surface area contributed by atoms with Crippen molar-refractivity contribution in [3.63, 3.8) is 0 Å². The highest BCUT2D eigenvalue weighted by Crippen LogP contribution is 2.27. The first-order chi connectivity index (χ1) is 19.5. The maximum absolute atomic E-state index is 14.1. The van der Waals surface area contributed by atoms with Gasteiger partial charge in [0.1, 0.15) is 12.6 Å². The number of nitrogens with one attached hydrogen (secondary N) is 1. The Kier molecular flexibility index (Phi) is 11.6. The van der Waals surface area contributed by atoms with Crippen LogP contribution in [0.3, 0.4) is 0 Å². The van der Waals surface area contributed by atoms with Crippen LogP contribution in [0, 0.1) is 0 Å². The maximum atomic E-state index is 14.1. The maximum Gasteiger partial charge on any atom is 0.264 e. The molecule has 7 nitrogen and oxygen atoms in total. The van der Waals surface area contributed by atoms with Crippen LogP contribution in [0.1, 0.15) is 51.7 Å². The van der Waals surface area contributed by atoms with E-state index >= 15 is 0 Å². The first kappa shape index (κ1) is 32.4. The molecule has 0 heterocycles. The Bertz CT molecular complexity index is 1430. The molecule has 0 aliphatic carbocycles. The van der Waals surface area contributed by atoms with Crippen LogP contribution in [0.2, 0.25) is 10.0 Å². The number of aryl methyl sites for hydroxylation is 1. The van der Waals surface area contributed by atoms with Gasteiger partial charge in [0.15, 0.2) is 0 Å². The average Bonchev–Trinajstić information content (AvgIpc) is 2.97. The van der Waals surface area contributed by atoms with Gasteiger partial charge in [-0.05, 0) is 73.7 Å². The van der Waals surface area contributed by atoms with Crippen molar-refractivity contribution in [3.05, 3.63) is 94.0 Å². The van der Waals surface area contributed by atoms with E-state index in [9.17, 15) is 18.0 Å². The fraction of sp³-hybridized carbons (Fsp3) is 0.355. The highest BCUT2D eigenvalue weighted by molar-refractivity contribution is 7.92. The second-order valence-corrected chi connectivity index (χ2v) is 12.5. The second-order valence-electron chi connectivity index (χ2n) is 9.86. The quantitative estimate of drug-likeness (QED) is 0.238. The van der Waals surface area contributed by atoms with Crippen LogP contribution in [0.5, 0.6) is 0 Å². The molecule has 220 valence electrons. The molecule has 2 atom stereocenters. The van der Waals surface area contributed by atoms with Crippen molar-refractivity contribution in [1.29, 1.82) is 0 Å². The number of carbonyl (C=O) groups is 2. The molecule has 0 fully saturated rings. The monoisotopic (exact) mass is 617 g/mol. The van der Waals surface area contributed by atoms with Gasteiger partial charge in [0, 0.05) is 12.6 Å². The van der Waals surface area contributed by atoms with Gasteiger partial charge in [-0.15, -0.1) is 0 Å². The van der Waals surface area contributed by atoms with Crippen molar-refractivity contribution in [1.82, 2.24) is 10.2 Å². The molecule has 2 amide bonds. The summed E-state index contributed by atoms with van der Waals surface area (Å²) >= 11 is 12.4.